The molecule has 0 spiro atoms. The molecule has 0 unspecified atom stereocenters. The predicted molar refractivity (Wildman–Crippen MR) is 136 cm³/mol. The number of anilines is 1. The molecule has 2 aromatic rings. The van der Waals surface area contributed by atoms with Crippen LogP contribution in [0.2, 0.25) is 0 Å². The van der Waals surface area contributed by atoms with Crippen LogP contribution in [0.1, 0.15) is 55.8 Å². The van der Waals surface area contributed by atoms with Crippen molar-refractivity contribution >= 4 is 27.6 Å². The summed E-state index contributed by atoms with van der Waals surface area (Å²) in [6.07, 6.45) is 5.48. The monoisotopic (exact) mass is 498 g/mol. The molecule has 4 rings (SSSR count). The molecular weight excluding hydrogens is 464 g/mol. The second-order valence-electron chi connectivity index (χ2n) is 9.51. The topological polar surface area (TPSA) is 108 Å². The van der Waals surface area contributed by atoms with Crippen LogP contribution in [0.4, 0.5) is 10.5 Å². The Morgan fingerprint density at radius 3 is 2.17 bits per heavy atom. The van der Waals surface area contributed by atoms with Crippen LogP contribution in [-0.4, -0.2) is 49.8 Å². The molecule has 2 fully saturated rings. The summed E-state index contributed by atoms with van der Waals surface area (Å²) in [6, 6.07) is 15.1. The second-order valence-corrected chi connectivity index (χ2v) is 11.4. The molecule has 1 aliphatic carbocycles. The maximum Gasteiger partial charge on any atom is 0.319 e. The van der Waals surface area contributed by atoms with Crippen molar-refractivity contribution in [2.45, 2.75) is 62.4 Å². The van der Waals surface area contributed by atoms with Gasteiger partial charge in [0.25, 0.3) is 5.91 Å². The molecule has 2 atom stereocenters. The number of carbonyl (C=O) groups is 2. The van der Waals surface area contributed by atoms with Crippen LogP contribution in [0, 0.1) is 5.92 Å². The molecule has 3 amide bonds. The van der Waals surface area contributed by atoms with E-state index in [-0.39, 0.29) is 28.9 Å². The van der Waals surface area contributed by atoms with Gasteiger partial charge >= 0.3 is 6.03 Å². The molecule has 1 aliphatic heterocycles. The third-order valence-electron chi connectivity index (χ3n) is 7.00. The van der Waals surface area contributed by atoms with Crippen LogP contribution in [0.3, 0.4) is 0 Å². The van der Waals surface area contributed by atoms with E-state index in [9.17, 15) is 18.0 Å². The molecule has 1 saturated heterocycles. The average Bonchev–Trinajstić information content (AvgIpc) is 2.86. The van der Waals surface area contributed by atoms with Gasteiger partial charge in [0.2, 0.25) is 10.0 Å². The summed E-state index contributed by atoms with van der Waals surface area (Å²) < 4.78 is 27.7. The molecule has 0 bridgehead atoms. The number of hydrogen-bond acceptors (Lipinski definition) is 4. The molecule has 2 aromatic carbocycles. The Kier molecular flexibility index (Phi) is 8.07. The lowest BCUT2D eigenvalue weighted by Gasteiger charge is -2.31. The zero-order valence-corrected chi connectivity index (χ0v) is 20.9. The van der Waals surface area contributed by atoms with Crippen molar-refractivity contribution in [1.82, 2.24) is 14.9 Å². The number of amides is 3. The highest BCUT2D eigenvalue weighted by Gasteiger charge is 2.30. The van der Waals surface area contributed by atoms with Gasteiger partial charge in [-0.2, -0.15) is 4.31 Å². The Bertz CT molecular complexity index is 1110. The molecule has 0 aromatic heterocycles. The van der Waals surface area contributed by atoms with Crippen LogP contribution in [0.25, 0.3) is 0 Å². The van der Waals surface area contributed by atoms with Gasteiger partial charge < -0.3 is 16.0 Å². The summed E-state index contributed by atoms with van der Waals surface area (Å²) in [5.74, 6) is 0.294. The first kappa shape index (κ1) is 25.2. The van der Waals surface area contributed by atoms with Crippen LogP contribution >= 0.6 is 0 Å². The standard InChI is InChI=1S/C26H34N4O4S/c1-19-7-5-6-10-24(19)29-25(31)20-11-13-23(14-12-20)35(33,34)30-17-15-22(16-18-30)28-26(32)27-21-8-3-2-4-9-21/h2-4,8-9,11-14,19,22,24H,5-7,10,15-18H2,1H3,(H,29,31)(H2,27,28,32)/t19-,24-/m1/s1. The van der Waals surface area contributed by atoms with Gasteiger partial charge in [-0.1, -0.05) is 38.0 Å². The van der Waals surface area contributed by atoms with Crippen molar-refractivity contribution in [3.05, 3.63) is 60.2 Å². The molecule has 9 heteroatoms. The molecule has 8 nitrogen and oxygen atoms in total. The lowest BCUT2D eigenvalue weighted by atomic mass is 9.86. The van der Waals surface area contributed by atoms with E-state index in [1.54, 1.807) is 24.3 Å². The summed E-state index contributed by atoms with van der Waals surface area (Å²) in [5.41, 5.74) is 1.17. The molecule has 2 aliphatic rings. The van der Waals surface area contributed by atoms with Gasteiger partial charge in [-0.25, -0.2) is 13.2 Å². The lowest BCUT2D eigenvalue weighted by molar-refractivity contribution is 0.0910. The number of carbonyl (C=O) groups excluding carboxylic acids is 2. The maximum absolute atomic E-state index is 13.1. The normalized spacial score (nSPS) is 21.7. The first-order valence-electron chi connectivity index (χ1n) is 12.4. The number of nitrogens with one attached hydrogen (secondary N) is 3. The van der Waals surface area contributed by atoms with Crippen molar-refractivity contribution in [2.24, 2.45) is 5.92 Å². The van der Waals surface area contributed by atoms with E-state index in [4.69, 9.17) is 0 Å². The second kappa shape index (κ2) is 11.2. The first-order valence-corrected chi connectivity index (χ1v) is 13.8. The largest absolute Gasteiger partial charge is 0.349 e. The fourth-order valence-corrected chi connectivity index (χ4v) is 6.29. The summed E-state index contributed by atoms with van der Waals surface area (Å²) in [5, 5.41) is 8.81. The quantitative estimate of drug-likeness (QED) is 0.560. The van der Waals surface area contributed by atoms with Crippen molar-refractivity contribution in [1.29, 1.82) is 0 Å². The Morgan fingerprint density at radius 2 is 1.51 bits per heavy atom. The van der Waals surface area contributed by atoms with Crippen LogP contribution in [0.5, 0.6) is 0 Å². The number of sulfonamides is 1. The van der Waals surface area contributed by atoms with Gasteiger partial charge in [-0.15, -0.1) is 0 Å². The van der Waals surface area contributed by atoms with E-state index in [0.717, 1.165) is 19.3 Å². The maximum atomic E-state index is 13.1. The van der Waals surface area contributed by atoms with Crippen LogP contribution in [-0.2, 0) is 10.0 Å². The van der Waals surface area contributed by atoms with E-state index in [1.807, 2.05) is 18.2 Å². The van der Waals surface area contributed by atoms with Gasteiger partial charge in [0.05, 0.1) is 4.90 Å². The first-order chi connectivity index (χ1) is 16.8. The molecule has 0 radical (unpaired) electrons. The smallest absolute Gasteiger partial charge is 0.319 e. The number of hydrogen-bond donors (Lipinski definition) is 3. The number of para-hydroxylation sites is 1. The van der Waals surface area contributed by atoms with E-state index in [2.05, 4.69) is 22.9 Å². The van der Waals surface area contributed by atoms with Crippen LogP contribution < -0.4 is 16.0 Å². The predicted octanol–water partition coefficient (Wildman–Crippen LogP) is 3.97. The highest BCUT2D eigenvalue weighted by molar-refractivity contribution is 7.89. The Morgan fingerprint density at radius 1 is 0.857 bits per heavy atom. The van der Waals surface area contributed by atoms with Crippen molar-refractivity contribution in [3.63, 3.8) is 0 Å². The lowest BCUT2D eigenvalue weighted by Crippen LogP contribution is -2.47. The summed E-state index contributed by atoms with van der Waals surface area (Å²) in [7, 11) is -3.67. The Balaban J connectivity index is 1.29. The van der Waals surface area contributed by atoms with Gasteiger partial charge in [0, 0.05) is 36.4 Å². The van der Waals surface area contributed by atoms with Gasteiger partial charge in [-0.05, 0) is 68.0 Å². The molecule has 1 saturated carbocycles. The zero-order valence-electron chi connectivity index (χ0n) is 20.1. The number of benzene rings is 2. The SMILES string of the molecule is C[C@@H]1CCCC[C@H]1NC(=O)c1ccc(S(=O)(=O)N2CCC(NC(=O)Nc3ccccc3)CC2)cc1. The third kappa shape index (κ3) is 6.41. The van der Waals surface area contributed by atoms with Gasteiger partial charge in [0.1, 0.15) is 0 Å². The third-order valence-corrected chi connectivity index (χ3v) is 8.92. The number of urea groups is 1. The van der Waals surface area contributed by atoms with Crippen molar-refractivity contribution in [2.75, 3.05) is 18.4 Å². The minimum absolute atomic E-state index is 0.0987. The molecule has 188 valence electrons. The fourth-order valence-electron chi connectivity index (χ4n) is 4.82. The van der Waals surface area contributed by atoms with Crippen molar-refractivity contribution < 1.29 is 18.0 Å². The van der Waals surface area contributed by atoms with E-state index in [0.29, 0.717) is 43.1 Å². The minimum Gasteiger partial charge on any atom is -0.349 e. The van der Waals surface area contributed by atoms with E-state index >= 15 is 0 Å². The fraction of sp³-hybridized carbons (Fsp3) is 0.462. The van der Waals surface area contributed by atoms with Gasteiger partial charge in [0.15, 0.2) is 0 Å². The summed E-state index contributed by atoms with van der Waals surface area (Å²) in [6.45, 7) is 2.80. The molecule has 35 heavy (non-hydrogen) atoms. The number of nitrogens with zero attached hydrogens (tertiary/aromatic N) is 1. The minimum atomic E-state index is -3.67. The Labute approximate surface area is 207 Å². The average molecular weight is 499 g/mol. The van der Waals surface area contributed by atoms with E-state index in [1.165, 1.54) is 22.9 Å². The zero-order chi connectivity index (χ0) is 24.8. The summed E-state index contributed by atoms with van der Waals surface area (Å²) >= 11 is 0. The molecule has 1 heterocycles. The Hall–Kier alpha value is -2.91. The van der Waals surface area contributed by atoms with Crippen molar-refractivity contribution in [3.8, 4) is 0 Å². The van der Waals surface area contributed by atoms with Gasteiger partial charge in [-0.3, -0.25) is 4.79 Å². The number of piperidine rings is 1. The van der Waals surface area contributed by atoms with Crippen LogP contribution in [0.15, 0.2) is 59.5 Å². The summed E-state index contributed by atoms with van der Waals surface area (Å²) in [4.78, 5) is 25.0. The van der Waals surface area contributed by atoms with E-state index < -0.39 is 10.0 Å². The highest BCUT2D eigenvalue weighted by Crippen LogP contribution is 2.25. The number of rotatable bonds is 6. The highest BCUT2D eigenvalue weighted by atomic mass is 32.2. The molecule has 3 N–H and O–H groups in total. The molecular formula is C26H34N4O4S.